The van der Waals surface area contributed by atoms with Gasteiger partial charge in [0.05, 0.1) is 28.6 Å². The minimum Gasteiger partial charge on any atom is -0.494 e. The third-order valence-electron chi connectivity index (χ3n) is 2.17. The lowest BCUT2D eigenvalue weighted by atomic mass is 10.2. The SMILES string of the molecule is COc1c(Cl)cc(C=NN=C2NC(=O)CS2)cc1Br. The molecule has 1 fully saturated rings. The van der Waals surface area contributed by atoms with Crippen LogP contribution < -0.4 is 10.1 Å². The van der Waals surface area contributed by atoms with Gasteiger partial charge in [-0.1, -0.05) is 23.4 Å². The molecule has 1 aromatic rings. The Balaban J connectivity index is 2.13. The van der Waals surface area contributed by atoms with E-state index >= 15 is 0 Å². The number of benzene rings is 1. The molecule has 0 spiro atoms. The van der Waals surface area contributed by atoms with Crippen LogP contribution in [-0.4, -0.2) is 30.2 Å². The summed E-state index contributed by atoms with van der Waals surface area (Å²) in [4.78, 5) is 10.9. The maximum absolute atomic E-state index is 10.9. The molecule has 19 heavy (non-hydrogen) atoms. The van der Waals surface area contributed by atoms with Gasteiger partial charge in [-0.3, -0.25) is 4.79 Å². The van der Waals surface area contributed by atoms with E-state index in [0.29, 0.717) is 21.7 Å². The average Bonchev–Trinajstić information content (AvgIpc) is 2.75. The molecule has 8 heteroatoms. The van der Waals surface area contributed by atoms with Crippen molar-refractivity contribution in [2.45, 2.75) is 0 Å². The Hall–Kier alpha value is -1.05. The fourth-order valence-corrected chi connectivity index (χ4v) is 3.07. The zero-order chi connectivity index (χ0) is 13.8. The van der Waals surface area contributed by atoms with Gasteiger partial charge in [-0.2, -0.15) is 5.10 Å². The summed E-state index contributed by atoms with van der Waals surface area (Å²) >= 11 is 10.7. The molecule has 1 N–H and O–H groups in total. The van der Waals surface area contributed by atoms with Gasteiger partial charge in [0, 0.05) is 0 Å². The highest BCUT2D eigenvalue weighted by Crippen LogP contribution is 2.33. The molecule has 0 saturated carbocycles. The van der Waals surface area contributed by atoms with Crippen molar-refractivity contribution in [3.05, 3.63) is 27.2 Å². The molecular weight excluding hydrogens is 354 g/mol. The van der Waals surface area contributed by atoms with Gasteiger partial charge in [0.25, 0.3) is 0 Å². The molecule has 1 amide bonds. The smallest absolute Gasteiger partial charge is 0.236 e. The van der Waals surface area contributed by atoms with E-state index in [9.17, 15) is 4.79 Å². The van der Waals surface area contributed by atoms with Crippen molar-refractivity contribution in [2.75, 3.05) is 12.9 Å². The van der Waals surface area contributed by atoms with E-state index in [1.807, 2.05) is 6.07 Å². The summed E-state index contributed by atoms with van der Waals surface area (Å²) in [6.45, 7) is 0. The highest BCUT2D eigenvalue weighted by atomic mass is 79.9. The number of nitrogens with zero attached hydrogens (tertiary/aromatic N) is 2. The maximum Gasteiger partial charge on any atom is 0.236 e. The first-order chi connectivity index (χ1) is 9.10. The van der Waals surface area contributed by atoms with Crippen LogP contribution in [0.4, 0.5) is 0 Å². The number of carbonyl (C=O) groups excluding carboxylic acids is 1. The van der Waals surface area contributed by atoms with Gasteiger partial charge in [-0.05, 0) is 33.6 Å². The number of hydrogen-bond acceptors (Lipinski definition) is 5. The van der Waals surface area contributed by atoms with Crippen LogP contribution in [0, 0.1) is 0 Å². The average molecular weight is 363 g/mol. The summed E-state index contributed by atoms with van der Waals surface area (Å²) in [5.74, 6) is 0.895. The molecule has 0 bridgehead atoms. The first-order valence-corrected chi connectivity index (χ1v) is 7.32. The number of nitrogens with one attached hydrogen (secondary N) is 1. The van der Waals surface area contributed by atoms with Gasteiger partial charge in [-0.25, -0.2) is 0 Å². The number of carbonyl (C=O) groups is 1. The number of amidine groups is 1. The molecule has 1 saturated heterocycles. The second-order valence-electron chi connectivity index (χ2n) is 3.50. The van der Waals surface area contributed by atoms with Crippen LogP contribution >= 0.6 is 39.3 Å². The summed E-state index contributed by atoms with van der Waals surface area (Å²) < 4.78 is 5.86. The van der Waals surface area contributed by atoms with Crippen LogP contribution in [0.15, 0.2) is 26.8 Å². The molecule has 5 nitrogen and oxygen atoms in total. The number of halogens is 2. The minimum atomic E-state index is -0.0609. The first kappa shape index (κ1) is 14.4. The fourth-order valence-electron chi connectivity index (χ4n) is 1.38. The fraction of sp³-hybridized carbons (Fsp3) is 0.182. The van der Waals surface area contributed by atoms with Crippen molar-refractivity contribution in [3.8, 4) is 5.75 Å². The third kappa shape index (κ3) is 3.71. The molecule has 0 unspecified atom stereocenters. The van der Waals surface area contributed by atoms with E-state index in [-0.39, 0.29) is 5.91 Å². The monoisotopic (exact) mass is 361 g/mol. The normalized spacial score (nSPS) is 17.2. The van der Waals surface area contributed by atoms with Crippen LogP contribution in [0.1, 0.15) is 5.56 Å². The van der Waals surface area contributed by atoms with Gasteiger partial charge in [0.15, 0.2) is 10.9 Å². The molecule has 2 rings (SSSR count). The number of rotatable bonds is 3. The van der Waals surface area contributed by atoms with E-state index in [1.54, 1.807) is 19.4 Å². The Bertz CT molecular complexity index is 554. The molecule has 1 aliphatic heterocycles. The molecule has 0 atom stereocenters. The summed E-state index contributed by atoms with van der Waals surface area (Å²) in [7, 11) is 1.55. The third-order valence-corrected chi connectivity index (χ3v) is 3.90. The highest BCUT2D eigenvalue weighted by Gasteiger charge is 2.15. The van der Waals surface area contributed by atoms with Crippen molar-refractivity contribution in [1.82, 2.24) is 5.32 Å². The molecule has 100 valence electrons. The lowest BCUT2D eigenvalue weighted by molar-refractivity contribution is -0.116. The zero-order valence-corrected chi connectivity index (χ0v) is 13.0. The summed E-state index contributed by atoms with van der Waals surface area (Å²) in [6, 6.07) is 3.53. The van der Waals surface area contributed by atoms with Gasteiger partial charge in [-0.15, -0.1) is 5.10 Å². The standard InChI is InChI=1S/C11H9BrClN3O2S/c1-18-10-7(12)2-6(3-8(10)13)4-14-16-11-15-9(17)5-19-11/h2-4H,5H2,1H3,(H,15,16,17). The van der Waals surface area contributed by atoms with Crippen LogP contribution in [-0.2, 0) is 4.79 Å². The Morgan fingerprint density at radius 3 is 2.95 bits per heavy atom. The molecule has 1 heterocycles. The largest absolute Gasteiger partial charge is 0.494 e. The quantitative estimate of drug-likeness (QED) is 0.664. The molecule has 1 aliphatic rings. The second-order valence-corrected chi connectivity index (χ2v) is 5.73. The lowest BCUT2D eigenvalue weighted by Gasteiger charge is -2.06. The Morgan fingerprint density at radius 2 is 2.37 bits per heavy atom. The van der Waals surface area contributed by atoms with Gasteiger partial charge >= 0.3 is 0 Å². The first-order valence-electron chi connectivity index (χ1n) is 5.17. The van der Waals surface area contributed by atoms with Crippen LogP contribution in [0.25, 0.3) is 0 Å². The van der Waals surface area contributed by atoms with Gasteiger partial charge < -0.3 is 10.1 Å². The van der Waals surface area contributed by atoms with E-state index in [4.69, 9.17) is 16.3 Å². The number of methoxy groups -OCH3 is 1. The number of thioether (sulfide) groups is 1. The predicted octanol–water partition coefficient (Wildman–Crippen LogP) is 2.66. The van der Waals surface area contributed by atoms with Crippen molar-refractivity contribution in [1.29, 1.82) is 0 Å². The van der Waals surface area contributed by atoms with E-state index in [1.165, 1.54) is 11.8 Å². The lowest BCUT2D eigenvalue weighted by Crippen LogP contribution is -2.19. The number of ether oxygens (including phenoxy) is 1. The number of hydrogen-bond donors (Lipinski definition) is 1. The minimum absolute atomic E-state index is 0.0609. The van der Waals surface area contributed by atoms with E-state index in [0.717, 1.165) is 10.0 Å². The predicted molar refractivity (Wildman–Crippen MR) is 81.3 cm³/mol. The summed E-state index contributed by atoms with van der Waals surface area (Å²) in [5, 5.41) is 11.4. The van der Waals surface area contributed by atoms with Crippen LogP contribution in [0.3, 0.4) is 0 Å². The molecule has 1 aromatic carbocycles. The maximum atomic E-state index is 10.9. The highest BCUT2D eigenvalue weighted by molar-refractivity contribution is 9.10. The Kier molecular flexibility index (Phi) is 4.84. The van der Waals surface area contributed by atoms with Gasteiger partial charge in [0.1, 0.15) is 0 Å². The topological polar surface area (TPSA) is 63.1 Å². The van der Waals surface area contributed by atoms with E-state index < -0.39 is 0 Å². The molecule has 0 radical (unpaired) electrons. The van der Waals surface area contributed by atoms with Crippen LogP contribution in [0.5, 0.6) is 5.75 Å². The van der Waals surface area contributed by atoms with Crippen molar-refractivity contribution in [3.63, 3.8) is 0 Å². The molecular formula is C11H9BrClN3O2S. The van der Waals surface area contributed by atoms with Crippen LogP contribution in [0.2, 0.25) is 5.02 Å². The zero-order valence-electron chi connectivity index (χ0n) is 9.81. The summed E-state index contributed by atoms with van der Waals surface area (Å²) in [5.41, 5.74) is 0.774. The number of amides is 1. The Morgan fingerprint density at radius 1 is 1.58 bits per heavy atom. The molecule has 0 aliphatic carbocycles. The van der Waals surface area contributed by atoms with Crippen molar-refractivity contribution < 1.29 is 9.53 Å². The van der Waals surface area contributed by atoms with Crippen molar-refractivity contribution >= 4 is 56.6 Å². The van der Waals surface area contributed by atoms with E-state index in [2.05, 4.69) is 31.4 Å². The van der Waals surface area contributed by atoms with Gasteiger partial charge in [0.2, 0.25) is 5.91 Å². The Labute approximate surface area is 127 Å². The second kappa shape index (κ2) is 6.40. The van der Waals surface area contributed by atoms with Crippen molar-refractivity contribution in [2.24, 2.45) is 10.2 Å². The molecule has 0 aromatic heterocycles. The summed E-state index contributed by atoms with van der Waals surface area (Å²) in [6.07, 6.45) is 1.55.